The number of para-hydroxylation sites is 1. The van der Waals surface area contributed by atoms with Crippen molar-refractivity contribution >= 4 is 28.4 Å². The van der Waals surface area contributed by atoms with Gasteiger partial charge in [0.05, 0.1) is 36.4 Å². The average molecular weight is 413 g/mol. The lowest BCUT2D eigenvalue weighted by molar-refractivity contribution is 0.101. The SMILES string of the molecule is CCCCn1c(SCC(=O)c2ccc(OC)cc2OC)nc2ccccc2c1=O. The molecule has 0 N–H and O–H groups in total. The molecule has 0 atom stereocenters. The zero-order valence-corrected chi connectivity index (χ0v) is 17.6. The molecule has 0 saturated carbocycles. The minimum absolute atomic E-state index is 0.0685. The summed E-state index contributed by atoms with van der Waals surface area (Å²) >= 11 is 1.27. The number of carbonyl (C=O) groups is 1. The predicted molar refractivity (Wildman–Crippen MR) is 116 cm³/mol. The fourth-order valence-corrected chi connectivity index (χ4v) is 3.92. The summed E-state index contributed by atoms with van der Waals surface area (Å²) in [6.07, 6.45) is 1.83. The highest BCUT2D eigenvalue weighted by molar-refractivity contribution is 7.99. The second-order valence-electron chi connectivity index (χ2n) is 6.50. The Balaban J connectivity index is 1.90. The summed E-state index contributed by atoms with van der Waals surface area (Å²) in [5, 5.41) is 1.15. The van der Waals surface area contributed by atoms with Crippen molar-refractivity contribution < 1.29 is 14.3 Å². The monoisotopic (exact) mass is 412 g/mol. The maximum absolute atomic E-state index is 12.9. The van der Waals surface area contributed by atoms with Gasteiger partial charge in [0.25, 0.3) is 5.56 Å². The van der Waals surface area contributed by atoms with Crippen molar-refractivity contribution in [2.24, 2.45) is 0 Å². The number of benzene rings is 2. The molecule has 7 heteroatoms. The number of nitrogens with zero attached hydrogens (tertiary/aromatic N) is 2. The summed E-state index contributed by atoms with van der Waals surface area (Å²) in [6.45, 7) is 2.65. The van der Waals surface area contributed by atoms with E-state index in [1.807, 2.05) is 18.2 Å². The molecule has 0 fully saturated rings. The molecule has 0 spiro atoms. The van der Waals surface area contributed by atoms with Crippen LogP contribution in [0.5, 0.6) is 11.5 Å². The van der Waals surface area contributed by atoms with Crippen LogP contribution in [0, 0.1) is 0 Å². The number of ketones is 1. The summed E-state index contributed by atoms with van der Waals surface area (Å²) < 4.78 is 12.2. The number of aromatic nitrogens is 2. The van der Waals surface area contributed by atoms with Gasteiger partial charge in [-0.25, -0.2) is 4.98 Å². The Bertz CT molecular complexity index is 1080. The lowest BCUT2D eigenvalue weighted by atomic mass is 10.1. The maximum Gasteiger partial charge on any atom is 0.262 e. The van der Waals surface area contributed by atoms with E-state index in [-0.39, 0.29) is 17.1 Å². The summed E-state index contributed by atoms with van der Waals surface area (Å²) in [5.74, 6) is 1.14. The van der Waals surface area contributed by atoms with E-state index in [1.165, 1.54) is 18.9 Å². The van der Waals surface area contributed by atoms with Crippen molar-refractivity contribution in [3.8, 4) is 11.5 Å². The van der Waals surface area contributed by atoms with Crippen LogP contribution >= 0.6 is 11.8 Å². The number of unbranched alkanes of at least 4 members (excludes halogenated alkanes) is 1. The zero-order valence-electron chi connectivity index (χ0n) is 16.8. The highest BCUT2D eigenvalue weighted by Crippen LogP contribution is 2.27. The van der Waals surface area contributed by atoms with Gasteiger partial charge in [-0.15, -0.1) is 0 Å². The van der Waals surface area contributed by atoms with Crippen molar-refractivity contribution in [1.82, 2.24) is 9.55 Å². The quantitative estimate of drug-likeness (QED) is 0.298. The number of fused-ring (bicyclic) bond motifs is 1. The molecule has 29 heavy (non-hydrogen) atoms. The molecule has 0 aliphatic heterocycles. The minimum atomic E-state index is -0.0982. The lowest BCUT2D eigenvalue weighted by Gasteiger charge is -2.13. The topological polar surface area (TPSA) is 70.4 Å². The van der Waals surface area contributed by atoms with E-state index < -0.39 is 0 Å². The predicted octanol–water partition coefficient (Wildman–Crippen LogP) is 4.19. The van der Waals surface area contributed by atoms with E-state index in [0.29, 0.717) is 39.7 Å². The lowest BCUT2D eigenvalue weighted by Crippen LogP contribution is -2.24. The molecule has 0 aliphatic rings. The molecule has 2 aromatic carbocycles. The zero-order chi connectivity index (χ0) is 20.8. The Morgan fingerprint density at radius 1 is 1.14 bits per heavy atom. The van der Waals surface area contributed by atoms with Crippen molar-refractivity contribution in [1.29, 1.82) is 0 Å². The first-order valence-electron chi connectivity index (χ1n) is 9.46. The van der Waals surface area contributed by atoms with Gasteiger partial charge in [-0.3, -0.25) is 14.2 Å². The van der Waals surface area contributed by atoms with Crippen LogP contribution in [0.15, 0.2) is 52.4 Å². The van der Waals surface area contributed by atoms with Gasteiger partial charge in [-0.2, -0.15) is 0 Å². The Hall–Kier alpha value is -2.80. The molecule has 0 unspecified atom stereocenters. The molecular weight excluding hydrogens is 388 g/mol. The molecule has 3 rings (SSSR count). The molecule has 3 aromatic rings. The number of thioether (sulfide) groups is 1. The third kappa shape index (κ3) is 4.62. The molecule has 6 nitrogen and oxygen atoms in total. The molecule has 0 saturated heterocycles. The summed E-state index contributed by atoms with van der Waals surface area (Å²) in [6, 6.07) is 12.4. The van der Waals surface area contributed by atoms with E-state index >= 15 is 0 Å². The number of Topliss-reactive ketones (excluding diaryl/α,β-unsaturated/α-hetero) is 1. The fraction of sp³-hybridized carbons (Fsp3) is 0.318. The second-order valence-corrected chi connectivity index (χ2v) is 7.44. The summed E-state index contributed by atoms with van der Waals surface area (Å²) in [5.41, 5.74) is 1.05. The molecule has 1 heterocycles. The normalized spacial score (nSPS) is 10.9. The number of methoxy groups -OCH3 is 2. The van der Waals surface area contributed by atoms with E-state index in [2.05, 4.69) is 11.9 Å². The molecule has 0 aliphatic carbocycles. The van der Waals surface area contributed by atoms with Gasteiger partial charge in [0.2, 0.25) is 0 Å². The van der Waals surface area contributed by atoms with Gasteiger partial charge in [0, 0.05) is 12.6 Å². The van der Waals surface area contributed by atoms with Crippen LogP contribution in [0.3, 0.4) is 0 Å². The standard InChI is InChI=1S/C22H24N2O4S/c1-4-5-12-24-21(26)16-8-6-7-9-18(16)23-22(24)29-14-19(25)17-11-10-15(27-2)13-20(17)28-3/h6-11,13H,4-5,12,14H2,1-3H3. The second kappa shape index (κ2) is 9.60. The number of hydrogen-bond acceptors (Lipinski definition) is 6. The van der Waals surface area contributed by atoms with Gasteiger partial charge in [0.1, 0.15) is 11.5 Å². The van der Waals surface area contributed by atoms with Crippen molar-refractivity contribution in [2.75, 3.05) is 20.0 Å². The van der Waals surface area contributed by atoms with Crippen LogP contribution in [0.1, 0.15) is 30.1 Å². The van der Waals surface area contributed by atoms with Gasteiger partial charge < -0.3 is 9.47 Å². The van der Waals surface area contributed by atoms with Crippen molar-refractivity contribution in [3.63, 3.8) is 0 Å². The van der Waals surface area contributed by atoms with E-state index in [9.17, 15) is 9.59 Å². The minimum Gasteiger partial charge on any atom is -0.497 e. The third-order valence-electron chi connectivity index (χ3n) is 4.60. The molecular formula is C22H24N2O4S. The van der Waals surface area contributed by atoms with E-state index in [0.717, 1.165) is 12.8 Å². The van der Waals surface area contributed by atoms with Crippen molar-refractivity contribution in [3.05, 3.63) is 58.4 Å². The first-order valence-corrected chi connectivity index (χ1v) is 10.4. The molecule has 1 aromatic heterocycles. The number of ether oxygens (including phenoxy) is 2. The number of rotatable bonds is 9. The van der Waals surface area contributed by atoms with Gasteiger partial charge in [0.15, 0.2) is 10.9 Å². The Morgan fingerprint density at radius 2 is 1.93 bits per heavy atom. The number of carbonyl (C=O) groups excluding carboxylic acids is 1. The summed E-state index contributed by atoms with van der Waals surface area (Å²) in [4.78, 5) is 30.4. The van der Waals surface area contributed by atoms with Crippen LogP contribution in [-0.4, -0.2) is 35.3 Å². The van der Waals surface area contributed by atoms with Crippen molar-refractivity contribution in [2.45, 2.75) is 31.5 Å². The average Bonchev–Trinajstić information content (AvgIpc) is 2.76. The fourth-order valence-electron chi connectivity index (χ4n) is 3.01. The van der Waals surface area contributed by atoms with Gasteiger partial charge >= 0.3 is 0 Å². The van der Waals surface area contributed by atoms with Gasteiger partial charge in [-0.1, -0.05) is 37.2 Å². The highest BCUT2D eigenvalue weighted by Gasteiger charge is 2.17. The molecule has 152 valence electrons. The van der Waals surface area contributed by atoms with Crippen LogP contribution in [-0.2, 0) is 6.54 Å². The largest absolute Gasteiger partial charge is 0.497 e. The van der Waals surface area contributed by atoms with Crippen LogP contribution in [0.4, 0.5) is 0 Å². The maximum atomic E-state index is 12.9. The van der Waals surface area contributed by atoms with Crippen LogP contribution < -0.4 is 15.0 Å². The summed E-state index contributed by atoms with van der Waals surface area (Å²) in [7, 11) is 3.08. The van der Waals surface area contributed by atoms with E-state index in [4.69, 9.17) is 9.47 Å². The van der Waals surface area contributed by atoms with E-state index in [1.54, 1.807) is 35.9 Å². The molecule has 0 bridgehead atoms. The first-order chi connectivity index (χ1) is 14.1. The Morgan fingerprint density at radius 3 is 2.66 bits per heavy atom. The van der Waals surface area contributed by atoms with Crippen LogP contribution in [0.25, 0.3) is 10.9 Å². The third-order valence-corrected chi connectivity index (χ3v) is 5.58. The smallest absolute Gasteiger partial charge is 0.262 e. The van der Waals surface area contributed by atoms with Crippen LogP contribution in [0.2, 0.25) is 0 Å². The first kappa shape index (κ1) is 20.9. The Kier molecular flexibility index (Phi) is 6.93. The Labute approximate surface area is 173 Å². The number of hydrogen-bond donors (Lipinski definition) is 0. The highest BCUT2D eigenvalue weighted by atomic mass is 32.2. The molecule has 0 amide bonds. The molecule has 0 radical (unpaired) electrons. The van der Waals surface area contributed by atoms with Gasteiger partial charge in [-0.05, 0) is 30.7 Å².